The molecule has 19 heavy (non-hydrogen) atoms. The van der Waals surface area contributed by atoms with E-state index in [0.717, 1.165) is 6.42 Å². The van der Waals surface area contributed by atoms with E-state index in [0.29, 0.717) is 17.8 Å². The lowest BCUT2D eigenvalue weighted by molar-refractivity contribution is -0.138. The van der Waals surface area contributed by atoms with Gasteiger partial charge < -0.3 is 5.32 Å². The number of benzene rings is 1. The molecule has 5 heteroatoms. The molecule has 0 bridgehead atoms. The summed E-state index contributed by atoms with van der Waals surface area (Å²) in [6.07, 6.45) is 0.934. The van der Waals surface area contributed by atoms with Gasteiger partial charge in [-0.1, -0.05) is 13.0 Å². The molecule has 2 amide bonds. The molecular weight excluding hydrogens is 242 g/mol. The van der Waals surface area contributed by atoms with E-state index in [1.165, 1.54) is 4.90 Å². The van der Waals surface area contributed by atoms with Gasteiger partial charge in [-0.25, -0.2) is 0 Å². The molecule has 1 heterocycles. The van der Waals surface area contributed by atoms with Crippen LogP contribution in [0.1, 0.15) is 25.3 Å². The van der Waals surface area contributed by atoms with Crippen LogP contribution in [0, 0.1) is 11.3 Å². The third-order valence-corrected chi connectivity index (χ3v) is 3.02. The van der Waals surface area contributed by atoms with Crippen LogP contribution >= 0.6 is 0 Å². The molecule has 2 rings (SSSR count). The number of nitrogens with one attached hydrogen (secondary N) is 1. The number of imide groups is 1. The summed E-state index contributed by atoms with van der Waals surface area (Å²) in [4.78, 5) is 25.1. The first kappa shape index (κ1) is 13.1. The molecule has 1 aromatic carbocycles. The highest BCUT2D eigenvalue weighted by Crippen LogP contribution is 2.19. The van der Waals surface area contributed by atoms with Crippen molar-refractivity contribution in [3.05, 3.63) is 29.8 Å². The number of rotatable bonds is 4. The lowest BCUT2D eigenvalue weighted by Gasteiger charge is -2.15. The van der Waals surface area contributed by atoms with E-state index in [4.69, 9.17) is 5.26 Å². The molecule has 0 radical (unpaired) electrons. The summed E-state index contributed by atoms with van der Waals surface area (Å²) in [5.74, 6) is -0.324. The Morgan fingerprint density at radius 2 is 2.26 bits per heavy atom. The maximum Gasteiger partial charge on any atom is 0.252 e. The average molecular weight is 257 g/mol. The molecule has 1 aliphatic rings. The predicted octanol–water partition coefficient (Wildman–Crippen LogP) is 1.51. The zero-order valence-electron chi connectivity index (χ0n) is 10.7. The highest BCUT2D eigenvalue weighted by atomic mass is 16.2. The minimum Gasteiger partial charge on any atom is -0.373 e. The molecule has 1 unspecified atom stereocenters. The Morgan fingerprint density at radius 1 is 1.47 bits per heavy atom. The SMILES string of the molecule is CCCN1C(=O)CC(Nc2cccc(C#N)c2)C1=O. The smallest absolute Gasteiger partial charge is 0.252 e. The number of hydrogen-bond donors (Lipinski definition) is 1. The summed E-state index contributed by atoms with van der Waals surface area (Å²) in [7, 11) is 0. The molecule has 1 N–H and O–H groups in total. The maximum atomic E-state index is 12.0. The second kappa shape index (κ2) is 5.53. The summed E-state index contributed by atoms with van der Waals surface area (Å²) in [5, 5.41) is 11.8. The summed E-state index contributed by atoms with van der Waals surface area (Å²) >= 11 is 0. The van der Waals surface area contributed by atoms with Crippen molar-refractivity contribution in [3.8, 4) is 6.07 Å². The van der Waals surface area contributed by atoms with Crippen LogP contribution in [-0.2, 0) is 9.59 Å². The Kier molecular flexibility index (Phi) is 3.81. The van der Waals surface area contributed by atoms with E-state index in [9.17, 15) is 9.59 Å². The van der Waals surface area contributed by atoms with E-state index in [1.807, 2.05) is 13.0 Å². The molecule has 0 aliphatic carbocycles. The molecular formula is C14H15N3O2. The zero-order valence-corrected chi connectivity index (χ0v) is 10.7. The molecule has 1 fully saturated rings. The third-order valence-electron chi connectivity index (χ3n) is 3.02. The molecule has 0 spiro atoms. The molecule has 0 saturated carbocycles. The monoisotopic (exact) mass is 257 g/mol. The summed E-state index contributed by atoms with van der Waals surface area (Å²) in [5.41, 5.74) is 1.20. The van der Waals surface area contributed by atoms with Gasteiger partial charge in [-0.3, -0.25) is 14.5 Å². The van der Waals surface area contributed by atoms with Crippen LogP contribution in [-0.4, -0.2) is 29.3 Å². The van der Waals surface area contributed by atoms with Crippen molar-refractivity contribution >= 4 is 17.5 Å². The fraction of sp³-hybridized carbons (Fsp3) is 0.357. The first-order valence-corrected chi connectivity index (χ1v) is 6.26. The fourth-order valence-corrected chi connectivity index (χ4v) is 2.13. The van der Waals surface area contributed by atoms with Gasteiger partial charge in [0, 0.05) is 12.2 Å². The molecule has 98 valence electrons. The van der Waals surface area contributed by atoms with Gasteiger partial charge in [0.15, 0.2) is 0 Å². The lowest BCUT2D eigenvalue weighted by Crippen LogP contribution is -2.35. The molecule has 1 aromatic rings. The molecule has 1 atom stereocenters. The van der Waals surface area contributed by atoms with Crippen LogP contribution < -0.4 is 5.32 Å². The maximum absolute atomic E-state index is 12.0. The van der Waals surface area contributed by atoms with Crippen LogP contribution in [0.5, 0.6) is 0 Å². The van der Waals surface area contributed by atoms with E-state index in [2.05, 4.69) is 5.32 Å². The summed E-state index contributed by atoms with van der Waals surface area (Å²) in [6, 6.07) is 8.40. The van der Waals surface area contributed by atoms with Crippen LogP contribution in [0.2, 0.25) is 0 Å². The second-order valence-electron chi connectivity index (χ2n) is 4.48. The highest BCUT2D eigenvalue weighted by molar-refractivity contribution is 6.06. The number of likely N-dealkylation sites (tertiary alicyclic amines) is 1. The van der Waals surface area contributed by atoms with Gasteiger partial charge in [0.2, 0.25) is 5.91 Å². The number of anilines is 1. The minimum atomic E-state index is -0.520. The topological polar surface area (TPSA) is 73.2 Å². The Balaban J connectivity index is 2.10. The summed E-state index contributed by atoms with van der Waals surface area (Å²) < 4.78 is 0. The first-order valence-electron chi connectivity index (χ1n) is 6.26. The number of nitrogens with zero attached hydrogens (tertiary/aromatic N) is 2. The van der Waals surface area contributed by atoms with E-state index in [1.54, 1.807) is 24.3 Å². The Bertz CT molecular complexity index is 548. The van der Waals surface area contributed by atoms with Crippen LogP contribution in [0.4, 0.5) is 5.69 Å². The number of amides is 2. The van der Waals surface area contributed by atoms with Crippen molar-refractivity contribution in [2.24, 2.45) is 0 Å². The summed E-state index contributed by atoms with van der Waals surface area (Å²) in [6.45, 7) is 2.39. The van der Waals surface area contributed by atoms with Gasteiger partial charge in [0.1, 0.15) is 6.04 Å². The second-order valence-corrected chi connectivity index (χ2v) is 4.48. The fourth-order valence-electron chi connectivity index (χ4n) is 2.13. The van der Waals surface area contributed by atoms with Gasteiger partial charge in [-0.05, 0) is 24.6 Å². The van der Waals surface area contributed by atoms with Crippen molar-refractivity contribution in [1.29, 1.82) is 5.26 Å². The standard InChI is InChI=1S/C14H15N3O2/c1-2-6-17-13(18)8-12(14(17)19)16-11-5-3-4-10(7-11)9-15/h3-5,7,12,16H,2,6,8H2,1H3. The molecule has 0 aromatic heterocycles. The number of nitriles is 1. The predicted molar refractivity (Wildman–Crippen MR) is 70.2 cm³/mol. The Labute approximate surface area is 111 Å². The Hall–Kier alpha value is -2.35. The minimum absolute atomic E-state index is 0.138. The molecule has 5 nitrogen and oxygen atoms in total. The van der Waals surface area contributed by atoms with Crippen molar-refractivity contribution in [3.63, 3.8) is 0 Å². The van der Waals surface area contributed by atoms with E-state index in [-0.39, 0.29) is 18.2 Å². The van der Waals surface area contributed by atoms with Gasteiger partial charge in [-0.15, -0.1) is 0 Å². The van der Waals surface area contributed by atoms with Gasteiger partial charge in [0.25, 0.3) is 5.91 Å². The lowest BCUT2D eigenvalue weighted by atomic mass is 10.2. The van der Waals surface area contributed by atoms with Gasteiger partial charge in [-0.2, -0.15) is 5.26 Å². The third kappa shape index (κ3) is 2.74. The number of carbonyl (C=O) groups is 2. The van der Waals surface area contributed by atoms with Crippen molar-refractivity contribution in [2.45, 2.75) is 25.8 Å². The normalized spacial score (nSPS) is 18.5. The molecule has 1 saturated heterocycles. The highest BCUT2D eigenvalue weighted by Gasteiger charge is 2.37. The van der Waals surface area contributed by atoms with E-state index >= 15 is 0 Å². The zero-order chi connectivity index (χ0) is 13.8. The van der Waals surface area contributed by atoms with Gasteiger partial charge in [0.05, 0.1) is 18.1 Å². The number of hydrogen-bond acceptors (Lipinski definition) is 4. The molecule has 1 aliphatic heterocycles. The number of carbonyl (C=O) groups excluding carboxylic acids is 2. The van der Waals surface area contributed by atoms with E-state index < -0.39 is 6.04 Å². The largest absolute Gasteiger partial charge is 0.373 e. The van der Waals surface area contributed by atoms with Crippen LogP contribution in [0.3, 0.4) is 0 Å². The van der Waals surface area contributed by atoms with Crippen molar-refractivity contribution in [1.82, 2.24) is 4.90 Å². The van der Waals surface area contributed by atoms with Gasteiger partial charge >= 0.3 is 0 Å². The van der Waals surface area contributed by atoms with Crippen molar-refractivity contribution in [2.75, 3.05) is 11.9 Å². The van der Waals surface area contributed by atoms with Crippen LogP contribution in [0.15, 0.2) is 24.3 Å². The van der Waals surface area contributed by atoms with Crippen molar-refractivity contribution < 1.29 is 9.59 Å². The van der Waals surface area contributed by atoms with Crippen LogP contribution in [0.25, 0.3) is 0 Å². The first-order chi connectivity index (χ1) is 9.15. The Morgan fingerprint density at radius 3 is 2.95 bits per heavy atom. The average Bonchev–Trinajstić information content (AvgIpc) is 2.67. The quantitative estimate of drug-likeness (QED) is 0.830.